The maximum Gasteiger partial charge on any atom is 0.414 e. The van der Waals surface area contributed by atoms with Crippen molar-refractivity contribution >= 4 is 120 Å². The molecule has 0 saturated carbocycles. The number of piperazine rings is 1. The number of hydrogen-bond donors (Lipinski definition) is 1. The molecule has 37 nitrogen and oxygen atoms in total. The first-order valence-corrected chi connectivity index (χ1v) is 50.4. The third-order valence-electron chi connectivity index (χ3n) is 25.7. The number of hydrogen-bond acceptors (Lipinski definition) is 28. The van der Waals surface area contributed by atoms with Crippen molar-refractivity contribution in [2.45, 2.75) is 129 Å². The highest BCUT2D eigenvalue weighted by Gasteiger charge is 2.40. The fourth-order valence-electron chi connectivity index (χ4n) is 17.6. The highest BCUT2D eigenvalue weighted by molar-refractivity contribution is 7.91. The summed E-state index contributed by atoms with van der Waals surface area (Å²) in [5, 5.41) is 25.8. The van der Waals surface area contributed by atoms with Gasteiger partial charge < -0.3 is 53.2 Å². The van der Waals surface area contributed by atoms with E-state index >= 15 is 0 Å². The van der Waals surface area contributed by atoms with E-state index in [1.165, 1.54) is 77.0 Å². The SMILES string of the molecule is CC(=O)CC[C@H]1CN(c2ccc(N3CCn4ncnc4C3)cc2)C(=O)O1.CC[C@H]1CN(c2ccc(-c3cccs3)c(F)c2)C(=O)O1.CC[C@H]1CN(c2ccc(-c3cnn(C)c3)c(F)c2)C(=O)O1.CC[C@H]1CN(c2ccc(-c3cnn4ncccc34)c(F)c2)C(=O)O1.CC[C@H]1CN(c2cnc(N3CCS(=O)(=O)CC3)c(F)c2)C(=O)O1.O=C1O[C@@H](Cn2cccn2)CN1c1ccc(-c2ccc(N3CCNCC3)nc2)c(F)c1. The Labute approximate surface area is 835 Å². The molecule has 9 aliphatic heterocycles. The maximum atomic E-state index is 14.9. The zero-order valence-electron chi connectivity index (χ0n) is 80.3. The Kier molecular flexibility index (Phi) is 31.6. The van der Waals surface area contributed by atoms with Crippen LogP contribution in [0.15, 0.2) is 207 Å². The summed E-state index contributed by atoms with van der Waals surface area (Å²) < 4.78 is 134. The monoisotopic (exact) mass is 2030 g/mol. The van der Waals surface area contributed by atoms with Crippen molar-refractivity contribution in [3.05, 3.63) is 242 Å². The van der Waals surface area contributed by atoms with Gasteiger partial charge in [0.15, 0.2) is 21.5 Å². The van der Waals surface area contributed by atoms with E-state index in [0.29, 0.717) is 132 Å². The van der Waals surface area contributed by atoms with Crippen molar-refractivity contribution in [1.82, 2.24) is 64.4 Å². The molecule has 1 N–H and O–H groups in total. The van der Waals surface area contributed by atoms with E-state index in [4.69, 9.17) is 28.4 Å². The van der Waals surface area contributed by atoms with Crippen molar-refractivity contribution in [3.63, 3.8) is 0 Å². The molecule has 145 heavy (non-hydrogen) atoms. The second-order valence-electron chi connectivity index (χ2n) is 35.4. The van der Waals surface area contributed by atoms with Crippen LogP contribution in [0.25, 0.3) is 49.3 Å². The summed E-state index contributed by atoms with van der Waals surface area (Å²) in [7, 11) is -1.26. The van der Waals surface area contributed by atoms with Crippen LogP contribution in [-0.4, -0.2) is 243 Å². The number of anilines is 9. The normalized spacial score (nSPS) is 19.4. The van der Waals surface area contributed by atoms with E-state index in [9.17, 15) is 63.9 Å². The summed E-state index contributed by atoms with van der Waals surface area (Å²) in [6.07, 6.45) is 14.9. The molecule has 0 spiro atoms. The number of Topliss-reactive ketones (excluding diaryl/α,β-unsaturated/α-hetero) is 1. The van der Waals surface area contributed by atoms with Gasteiger partial charge in [-0.05, 0) is 178 Å². The lowest BCUT2D eigenvalue weighted by Gasteiger charge is -2.29. The number of halogens is 5. The number of aromatic nitrogens is 12. The molecule has 17 heterocycles. The number of fused-ring (bicyclic) bond motifs is 2. The quantitative estimate of drug-likeness (QED) is 0.0486. The molecule has 8 aromatic heterocycles. The predicted molar refractivity (Wildman–Crippen MR) is 533 cm³/mol. The Bertz CT molecular complexity index is 6910. The number of carbonyl (C=O) groups excluding carboxylic acids is 7. The van der Waals surface area contributed by atoms with Crippen molar-refractivity contribution < 1.29 is 92.4 Å². The first-order chi connectivity index (χ1) is 70.1. The molecule has 0 radical (unpaired) electrons. The Morgan fingerprint density at radius 1 is 0.441 bits per heavy atom. The summed E-state index contributed by atoms with van der Waals surface area (Å²) >= 11 is 1.49. The third kappa shape index (κ3) is 24.0. The van der Waals surface area contributed by atoms with Crippen LogP contribution in [0.4, 0.5) is 102 Å². The van der Waals surface area contributed by atoms with Crippen molar-refractivity contribution in [3.8, 4) is 43.8 Å². The second kappa shape index (κ2) is 45.4. The number of ketones is 1. The van der Waals surface area contributed by atoms with Crippen LogP contribution in [0.2, 0.25) is 0 Å². The van der Waals surface area contributed by atoms with Gasteiger partial charge in [0.05, 0.1) is 123 Å². The zero-order chi connectivity index (χ0) is 102. The zero-order valence-corrected chi connectivity index (χ0v) is 81.9. The minimum atomic E-state index is -3.04. The van der Waals surface area contributed by atoms with Crippen molar-refractivity contribution in [1.29, 1.82) is 0 Å². The molecule has 13 aromatic rings. The van der Waals surface area contributed by atoms with Gasteiger partial charge in [-0.25, -0.2) is 78.8 Å². The molecule has 8 saturated heterocycles. The average Bonchev–Trinajstić information content (AvgIpc) is 1.65. The number of cyclic esters (lactones) is 6. The summed E-state index contributed by atoms with van der Waals surface area (Å²) in [5.41, 5.74) is 8.93. The van der Waals surface area contributed by atoms with Crippen molar-refractivity contribution in [2.75, 3.05) is 141 Å². The van der Waals surface area contributed by atoms with Gasteiger partial charge in [0, 0.05) is 152 Å². The number of rotatable bonds is 22. The number of carbonyl (C=O) groups is 7. The van der Waals surface area contributed by atoms with Gasteiger partial charge in [0.1, 0.15) is 83.6 Å². The van der Waals surface area contributed by atoms with Gasteiger partial charge in [-0.3, -0.25) is 38.8 Å². The van der Waals surface area contributed by atoms with Crippen LogP contribution in [-0.2, 0) is 69.7 Å². The number of amides is 6. The van der Waals surface area contributed by atoms with Crippen LogP contribution < -0.4 is 49.4 Å². The number of ether oxygens (including phenoxy) is 6. The van der Waals surface area contributed by atoms with E-state index < -0.39 is 57.8 Å². The van der Waals surface area contributed by atoms with Gasteiger partial charge in [0.25, 0.3) is 0 Å². The number of nitrogens with one attached hydrogen (secondary N) is 1. The molecule has 9 aliphatic rings. The minimum absolute atomic E-state index is 0.00744. The average molecular weight is 2030 g/mol. The Morgan fingerprint density at radius 2 is 0.945 bits per heavy atom. The van der Waals surface area contributed by atoms with E-state index in [0.717, 1.165) is 98.5 Å². The standard InChI is InChI=1S/C22H23FN6O2.C18H21N5O3.C17H15FN4O2.C15H16FN3O2.C15H14FNO2S.C14H18FN3O4S/c23-20-12-17(29-15-18(31-22(29)30)14-28-9-1-6-26-28)3-4-19(20)16-2-5-21(25-13-16)27-10-7-24-8-11-27;1-13(24)2-7-16-10-22(18(25)26-16)15-5-3-14(4-6-15)21-8-9-23-17(11-21)19-12-20-23;1-2-12-10-21(17(23)24-12)11-5-6-13(15(18)8-11)14-9-20-22-16(14)4-3-7-19-22;1-3-12-9-19(15(20)21-12)11-4-5-13(14(16)6-11)10-7-17-18(2)8-10;1-2-11-9-17(15(18)19-11)10-5-6-12(13(16)8-10)14-4-3-7-20-14;1-2-11-9-18(14(19)22-11)10-7-12(15)13(16-8-10)17-3-5-23(20,21)6-4-17/h1-6,9,12-13,18,24H,7-8,10-11,14-15H2;3-6,12,16H,2,7-11H2,1H3;3-9,12H,2,10H2,1H3;4-8,12H,3,9H2,1-2H3;3-8,11H,2,9H2,1H3;7-8,11H,2-6,9H2,1H3/t18-;16-;2*12-;2*11-/m000000/s1. The van der Waals surface area contributed by atoms with Crippen LogP contribution in [0, 0.1) is 29.1 Å². The lowest BCUT2D eigenvalue weighted by atomic mass is 10.1. The first kappa shape index (κ1) is 101. The summed E-state index contributed by atoms with van der Waals surface area (Å²) in [4.78, 5) is 111. The van der Waals surface area contributed by atoms with Crippen molar-refractivity contribution in [2.24, 2.45) is 7.05 Å². The predicted octanol–water partition coefficient (Wildman–Crippen LogP) is 16.2. The third-order valence-corrected chi connectivity index (χ3v) is 28.2. The number of sulfone groups is 1. The highest BCUT2D eigenvalue weighted by atomic mass is 32.2. The molecule has 0 unspecified atom stereocenters. The van der Waals surface area contributed by atoms with E-state index in [-0.39, 0.29) is 90.5 Å². The molecule has 0 aliphatic carbocycles. The number of aryl methyl sites for hydroxylation is 1. The molecule has 6 atom stereocenters. The first-order valence-electron chi connectivity index (χ1n) is 47.7. The molecule has 5 aromatic carbocycles. The molecular weight excluding hydrogens is 1920 g/mol. The largest absolute Gasteiger partial charge is 0.444 e. The molecule has 758 valence electrons. The van der Waals surface area contributed by atoms with Crippen LogP contribution >= 0.6 is 11.3 Å². The summed E-state index contributed by atoms with van der Waals surface area (Å²) in [6.45, 7) is 18.9. The second-order valence-corrected chi connectivity index (χ2v) is 38.7. The molecule has 22 rings (SSSR count). The van der Waals surface area contributed by atoms with E-state index in [1.54, 1.807) is 131 Å². The van der Waals surface area contributed by atoms with E-state index in [2.05, 4.69) is 55.6 Å². The summed E-state index contributed by atoms with van der Waals surface area (Å²) in [5.74, 6) is -0.0393. The smallest absolute Gasteiger partial charge is 0.414 e. The number of nitrogens with zero attached hydrogens (tertiary/aromatic N) is 21. The Balaban J connectivity index is 0.000000120. The fourth-order valence-corrected chi connectivity index (χ4v) is 19.5. The van der Waals surface area contributed by atoms with Crippen LogP contribution in [0.1, 0.15) is 79.0 Å². The number of thiophene rings is 1. The highest BCUT2D eigenvalue weighted by Crippen LogP contribution is 2.39. The number of pyridine rings is 2. The van der Waals surface area contributed by atoms with Gasteiger partial charge >= 0.3 is 36.6 Å². The molecule has 8 fully saturated rings. The minimum Gasteiger partial charge on any atom is -0.444 e. The fraction of sp³-hybridized carbons (Fsp3) is 0.356. The molecule has 0 bridgehead atoms. The Morgan fingerprint density at radius 3 is 1.45 bits per heavy atom. The van der Waals surface area contributed by atoms with Gasteiger partial charge in [0.2, 0.25) is 0 Å². The van der Waals surface area contributed by atoms with Gasteiger partial charge in [-0.15, -0.1) is 11.3 Å². The molecule has 44 heteroatoms. The maximum absolute atomic E-state index is 14.9. The lowest BCUT2D eigenvalue weighted by molar-refractivity contribution is -0.117. The number of benzene rings is 5. The Hall–Kier alpha value is -15.5. The topological polar surface area (TPSA) is 373 Å². The lowest BCUT2D eigenvalue weighted by Crippen LogP contribution is -2.43. The van der Waals surface area contributed by atoms with Gasteiger partial charge in [-0.1, -0.05) is 33.8 Å². The molecular formula is C101H107F5N22O15S2. The molecule has 6 amide bonds. The van der Waals surface area contributed by atoms with E-state index in [1.807, 2.05) is 105 Å². The van der Waals surface area contributed by atoms with Gasteiger partial charge in [-0.2, -0.15) is 30.1 Å². The van der Waals surface area contributed by atoms with Crippen LogP contribution in [0.3, 0.4) is 0 Å². The summed E-state index contributed by atoms with van der Waals surface area (Å²) in [6, 6.07) is 41.3. The van der Waals surface area contributed by atoms with Crippen LogP contribution in [0.5, 0.6) is 0 Å².